The molecule has 0 N–H and O–H groups in total. The van der Waals surface area contributed by atoms with Gasteiger partial charge in [0.2, 0.25) is 0 Å². The topological polar surface area (TPSA) is 17.8 Å². The first kappa shape index (κ1) is 10.1. The Morgan fingerprint density at radius 3 is 2.77 bits per heavy atom. The van der Waals surface area contributed by atoms with Crippen molar-refractivity contribution in [2.75, 3.05) is 6.26 Å². The van der Waals surface area contributed by atoms with Gasteiger partial charge in [-0.15, -0.1) is 11.8 Å². The van der Waals surface area contributed by atoms with Crippen molar-refractivity contribution in [2.45, 2.75) is 6.92 Å². The van der Waals surface area contributed by atoms with E-state index < -0.39 is 0 Å². The van der Waals surface area contributed by atoms with Crippen LogP contribution >= 0.6 is 11.8 Å². The molecule has 3 heteroatoms. The standard InChI is InChI=1S/C10H14N2S/c1-5-9(13-4)6-10-8(2)12(3)7-11-10/h5-7H,2H2,1,3-4H3/b9-5+,10-6+. The summed E-state index contributed by atoms with van der Waals surface area (Å²) in [6.45, 7) is 5.96. The predicted octanol–water partition coefficient (Wildman–Crippen LogP) is 0.878. The molecular weight excluding hydrogens is 180 g/mol. The molecular formula is C10H14N2S. The van der Waals surface area contributed by atoms with Crippen LogP contribution in [-0.4, -0.2) is 15.8 Å². The lowest BCUT2D eigenvalue weighted by molar-refractivity contribution is 0.883. The molecule has 0 unspecified atom stereocenters. The quantitative estimate of drug-likeness (QED) is 0.695. The number of nitrogens with zero attached hydrogens (tertiary/aromatic N) is 2. The normalized spacial score (nSPS) is 13.8. The van der Waals surface area contributed by atoms with Crippen LogP contribution in [0, 0.1) is 0 Å². The number of hydrogen-bond donors (Lipinski definition) is 0. The molecule has 1 aromatic heterocycles. The maximum atomic E-state index is 4.24. The van der Waals surface area contributed by atoms with E-state index in [1.807, 2.05) is 24.6 Å². The van der Waals surface area contributed by atoms with Crippen molar-refractivity contribution in [1.82, 2.24) is 9.55 Å². The van der Waals surface area contributed by atoms with Crippen LogP contribution in [0.1, 0.15) is 6.92 Å². The third kappa shape index (κ3) is 2.25. The average Bonchev–Trinajstić information content (AvgIpc) is 2.45. The largest absolute Gasteiger partial charge is 0.334 e. The molecule has 1 heterocycles. The summed E-state index contributed by atoms with van der Waals surface area (Å²) in [6.07, 6.45) is 7.95. The number of aryl methyl sites for hydroxylation is 1. The molecule has 0 amide bonds. The van der Waals surface area contributed by atoms with Gasteiger partial charge in [0.15, 0.2) is 0 Å². The van der Waals surface area contributed by atoms with Gasteiger partial charge in [-0.05, 0) is 19.3 Å². The van der Waals surface area contributed by atoms with Gasteiger partial charge in [0.1, 0.15) is 0 Å². The fraction of sp³-hybridized carbons (Fsp3) is 0.300. The maximum Gasteiger partial charge on any atom is 0.0955 e. The Labute approximate surface area is 82.7 Å². The summed E-state index contributed by atoms with van der Waals surface area (Å²) in [5, 5.41) is 1.90. The Morgan fingerprint density at radius 1 is 1.69 bits per heavy atom. The number of hydrogen-bond acceptors (Lipinski definition) is 2. The molecule has 13 heavy (non-hydrogen) atoms. The maximum absolute atomic E-state index is 4.24. The van der Waals surface area contributed by atoms with Crippen molar-refractivity contribution in [3.63, 3.8) is 0 Å². The van der Waals surface area contributed by atoms with Gasteiger partial charge < -0.3 is 4.57 Å². The molecule has 0 fully saturated rings. The van der Waals surface area contributed by atoms with Gasteiger partial charge in [-0.1, -0.05) is 12.7 Å². The van der Waals surface area contributed by atoms with Crippen LogP contribution in [0.25, 0.3) is 12.7 Å². The first-order valence-corrected chi connectivity index (χ1v) is 5.29. The number of thioether (sulfide) groups is 1. The molecule has 1 rings (SSSR count). The van der Waals surface area contributed by atoms with E-state index in [0.717, 1.165) is 10.7 Å². The van der Waals surface area contributed by atoms with Gasteiger partial charge in [-0.25, -0.2) is 4.98 Å². The molecule has 0 radical (unpaired) electrons. The predicted molar refractivity (Wildman–Crippen MR) is 59.7 cm³/mol. The van der Waals surface area contributed by atoms with Crippen LogP contribution in [0.2, 0.25) is 0 Å². The van der Waals surface area contributed by atoms with Crippen LogP contribution < -0.4 is 10.7 Å². The minimum Gasteiger partial charge on any atom is -0.334 e. The van der Waals surface area contributed by atoms with Crippen molar-refractivity contribution >= 4 is 24.4 Å². The minimum atomic E-state index is 0.949. The second-order valence-corrected chi connectivity index (χ2v) is 3.61. The van der Waals surface area contributed by atoms with Crippen molar-refractivity contribution < 1.29 is 0 Å². The highest BCUT2D eigenvalue weighted by atomic mass is 32.2. The number of rotatable bonds is 2. The minimum absolute atomic E-state index is 0.949. The van der Waals surface area contributed by atoms with Gasteiger partial charge >= 0.3 is 0 Å². The smallest absolute Gasteiger partial charge is 0.0955 e. The lowest BCUT2D eigenvalue weighted by atomic mass is 10.4. The molecule has 0 aromatic carbocycles. The van der Waals surface area contributed by atoms with Crippen molar-refractivity contribution in [3.05, 3.63) is 28.0 Å². The molecule has 0 atom stereocenters. The molecule has 0 spiro atoms. The van der Waals surface area contributed by atoms with Crippen LogP contribution in [0.3, 0.4) is 0 Å². The Balaban J connectivity index is 3.22. The van der Waals surface area contributed by atoms with Crippen molar-refractivity contribution in [1.29, 1.82) is 0 Å². The molecule has 70 valence electrons. The van der Waals surface area contributed by atoms with E-state index in [2.05, 4.69) is 23.9 Å². The molecule has 0 aliphatic heterocycles. The third-order valence-electron chi connectivity index (χ3n) is 1.89. The summed E-state index contributed by atoms with van der Waals surface area (Å²) in [5.41, 5.74) is 0. The van der Waals surface area contributed by atoms with E-state index in [1.165, 1.54) is 4.91 Å². The van der Waals surface area contributed by atoms with Gasteiger partial charge in [-0.3, -0.25) is 0 Å². The van der Waals surface area contributed by atoms with E-state index in [1.54, 1.807) is 18.1 Å². The van der Waals surface area contributed by atoms with E-state index in [0.29, 0.717) is 0 Å². The van der Waals surface area contributed by atoms with Crippen molar-refractivity contribution in [2.24, 2.45) is 7.05 Å². The first-order chi connectivity index (χ1) is 6.19. The van der Waals surface area contributed by atoms with E-state index in [9.17, 15) is 0 Å². The zero-order valence-electron chi connectivity index (χ0n) is 8.24. The first-order valence-electron chi connectivity index (χ1n) is 4.07. The van der Waals surface area contributed by atoms with Crippen LogP contribution in [0.5, 0.6) is 0 Å². The summed E-state index contributed by atoms with van der Waals surface area (Å²) < 4.78 is 1.92. The highest BCUT2D eigenvalue weighted by Crippen LogP contribution is 2.11. The highest BCUT2D eigenvalue weighted by molar-refractivity contribution is 8.02. The van der Waals surface area contributed by atoms with Gasteiger partial charge in [0.05, 0.1) is 17.0 Å². The number of imidazole rings is 1. The third-order valence-corrected chi connectivity index (χ3v) is 2.72. The van der Waals surface area contributed by atoms with E-state index in [4.69, 9.17) is 0 Å². The zero-order chi connectivity index (χ0) is 9.84. The summed E-state index contributed by atoms with van der Waals surface area (Å²) in [5.74, 6) is 0. The van der Waals surface area contributed by atoms with Crippen LogP contribution in [0.4, 0.5) is 0 Å². The second kappa shape index (κ2) is 4.33. The lowest BCUT2D eigenvalue weighted by Crippen LogP contribution is -2.26. The molecule has 0 aliphatic carbocycles. The highest BCUT2D eigenvalue weighted by Gasteiger charge is 1.91. The summed E-state index contributed by atoms with van der Waals surface area (Å²) in [6, 6.07) is 0. The zero-order valence-corrected chi connectivity index (χ0v) is 9.06. The fourth-order valence-corrected chi connectivity index (χ4v) is 1.45. The molecule has 2 nitrogen and oxygen atoms in total. The fourth-order valence-electron chi connectivity index (χ4n) is 0.989. The summed E-state index contributed by atoms with van der Waals surface area (Å²) in [7, 11) is 1.95. The number of allylic oxidation sites excluding steroid dienone is 2. The molecule has 0 aliphatic rings. The average molecular weight is 194 g/mol. The monoisotopic (exact) mass is 194 g/mol. The van der Waals surface area contributed by atoms with Crippen LogP contribution in [-0.2, 0) is 7.05 Å². The summed E-state index contributed by atoms with van der Waals surface area (Å²) in [4.78, 5) is 5.45. The van der Waals surface area contributed by atoms with E-state index >= 15 is 0 Å². The van der Waals surface area contributed by atoms with Gasteiger partial charge in [-0.2, -0.15) is 0 Å². The summed E-state index contributed by atoms with van der Waals surface area (Å²) >= 11 is 1.71. The Bertz CT molecular complexity index is 415. The molecule has 0 bridgehead atoms. The molecule has 1 aromatic rings. The lowest BCUT2D eigenvalue weighted by Gasteiger charge is -1.91. The Kier molecular flexibility index (Phi) is 3.37. The Morgan fingerprint density at radius 2 is 2.38 bits per heavy atom. The molecule has 0 saturated carbocycles. The number of aromatic nitrogens is 2. The van der Waals surface area contributed by atoms with Crippen LogP contribution in [0.15, 0.2) is 17.3 Å². The van der Waals surface area contributed by atoms with Gasteiger partial charge in [0.25, 0.3) is 0 Å². The van der Waals surface area contributed by atoms with Crippen molar-refractivity contribution in [3.8, 4) is 0 Å². The van der Waals surface area contributed by atoms with E-state index in [-0.39, 0.29) is 0 Å². The SMILES string of the molecule is C=c1/c(=C\C(=C/C)SC)ncn1C. The van der Waals surface area contributed by atoms with Gasteiger partial charge in [0, 0.05) is 12.0 Å². The Hall–Kier alpha value is -0.960. The molecule has 0 saturated heterocycles. The second-order valence-electron chi connectivity index (χ2n) is 2.73.